The summed E-state index contributed by atoms with van der Waals surface area (Å²) in [6.45, 7) is 0.559. The molecule has 2 rings (SSSR count). The molecule has 128 valence electrons. The number of carbonyl (C=O) groups is 1. The molecule has 1 N–H and O–H groups in total. The molecule has 0 aliphatic heterocycles. The van der Waals surface area contributed by atoms with Crippen LogP contribution in [0.15, 0.2) is 53.0 Å². The molecule has 4 nitrogen and oxygen atoms in total. The van der Waals surface area contributed by atoms with Crippen molar-refractivity contribution in [3.63, 3.8) is 0 Å². The molecule has 0 saturated carbocycles. The van der Waals surface area contributed by atoms with Gasteiger partial charge < -0.3 is 15.1 Å². The van der Waals surface area contributed by atoms with Crippen LogP contribution in [-0.4, -0.2) is 45.5 Å². The lowest BCUT2D eigenvalue weighted by Crippen LogP contribution is -2.34. The third-order valence-electron chi connectivity index (χ3n) is 3.98. The van der Waals surface area contributed by atoms with Gasteiger partial charge in [0.05, 0.1) is 6.04 Å². The summed E-state index contributed by atoms with van der Waals surface area (Å²) in [5, 5.41) is 3.03. The summed E-state index contributed by atoms with van der Waals surface area (Å²) >= 11 is 3.38. The molecule has 0 spiro atoms. The Hall–Kier alpha value is -1.85. The molecule has 0 saturated heterocycles. The molecule has 2 aromatic carbocycles. The van der Waals surface area contributed by atoms with Gasteiger partial charge in [-0.3, -0.25) is 4.79 Å². The number of hydrogen-bond donors (Lipinski definition) is 1. The van der Waals surface area contributed by atoms with Gasteiger partial charge in [0.1, 0.15) is 0 Å². The van der Waals surface area contributed by atoms with Gasteiger partial charge in [0.2, 0.25) is 0 Å². The standard InChI is InChI=1S/C19H24BrN3O/c1-22(2)17-11-7-14(8-12-17)18(23(3)4)13-21-19(24)15-5-9-16(20)10-6-15/h5-12,18H,13H2,1-4H3,(H,21,24)/t18-/m1/s1. The van der Waals surface area contributed by atoms with Gasteiger partial charge in [-0.05, 0) is 56.1 Å². The SMILES string of the molecule is CN(C)c1ccc([C@@H](CNC(=O)c2ccc(Br)cc2)N(C)C)cc1. The van der Waals surface area contributed by atoms with Crippen molar-refractivity contribution in [2.24, 2.45) is 0 Å². The van der Waals surface area contributed by atoms with Crippen LogP contribution in [0, 0.1) is 0 Å². The van der Waals surface area contributed by atoms with Crippen LogP contribution in [0.1, 0.15) is 22.0 Å². The minimum Gasteiger partial charge on any atom is -0.378 e. The minimum absolute atomic E-state index is 0.0562. The highest BCUT2D eigenvalue weighted by molar-refractivity contribution is 9.10. The first-order valence-electron chi connectivity index (χ1n) is 7.86. The zero-order valence-corrected chi connectivity index (χ0v) is 16.2. The molecule has 24 heavy (non-hydrogen) atoms. The van der Waals surface area contributed by atoms with Crippen LogP contribution < -0.4 is 10.2 Å². The molecule has 0 aliphatic carbocycles. The van der Waals surface area contributed by atoms with Gasteiger partial charge in [-0.2, -0.15) is 0 Å². The average Bonchev–Trinajstić information content (AvgIpc) is 2.55. The smallest absolute Gasteiger partial charge is 0.251 e. The van der Waals surface area contributed by atoms with Crippen LogP contribution in [-0.2, 0) is 0 Å². The number of halogens is 1. The van der Waals surface area contributed by atoms with Crippen LogP contribution in [0.2, 0.25) is 0 Å². The molecule has 2 aromatic rings. The molecule has 0 unspecified atom stereocenters. The number of likely N-dealkylation sites (N-methyl/N-ethyl adjacent to an activating group) is 1. The van der Waals surface area contributed by atoms with E-state index in [1.54, 1.807) is 0 Å². The number of rotatable bonds is 6. The Morgan fingerprint density at radius 2 is 1.58 bits per heavy atom. The predicted molar refractivity (Wildman–Crippen MR) is 104 cm³/mol. The Balaban J connectivity index is 2.05. The number of nitrogens with zero attached hydrogens (tertiary/aromatic N) is 2. The molecular weight excluding hydrogens is 366 g/mol. The summed E-state index contributed by atoms with van der Waals surface area (Å²) in [4.78, 5) is 16.5. The summed E-state index contributed by atoms with van der Waals surface area (Å²) in [7, 11) is 8.10. The quantitative estimate of drug-likeness (QED) is 0.820. The fraction of sp³-hybridized carbons (Fsp3) is 0.316. The van der Waals surface area contributed by atoms with E-state index in [2.05, 4.69) is 55.3 Å². The lowest BCUT2D eigenvalue weighted by molar-refractivity contribution is 0.0942. The number of benzene rings is 2. The molecule has 5 heteroatoms. The van der Waals surface area contributed by atoms with Crippen LogP contribution in [0.4, 0.5) is 5.69 Å². The van der Waals surface area contributed by atoms with Crippen molar-refractivity contribution in [2.45, 2.75) is 6.04 Å². The van der Waals surface area contributed by atoms with E-state index in [0.29, 0.717) is 12.1 Å². The summed E-state index contributed by atoms with van der Waals surface area (Å²) in [5.74, 6) is -0.0562. The highest BCUT2D eigenvalue weighted by Gasteiger charge is 2.16. The largest absolute Gasteiger partial charge is 0.378 e. The van der Waals surface area contributed by atoms with Gasteiger partial charge in [0.15, 0.2) is 0 Å². The van der Waals surface area contributed by atoms with E-state index in [4.69, 9.17) is 0 Å². The normalized spacial score (nSPS) is 12.1. The van der Waals surface area contributed by atoms with Crippen LogP contribution in [0.5, 0.6) is 0 Å². The first kappa shape index (κ1) is 18.5. The van der Waals surface area contributed by atoms with Crippen molar-refractivity contribution in [2.75, 3.05) is 39.6 Å². The summed E-state index contributed by atoms with van der Waals surface area (Å²) in [6.07, 6.45) is 0. The van der Waals surface area contributed by atoms with Crippen LogP contribution in [0.3, 0.4) is 0 Å². The van der Waals surface area contributed by atoms with Crippen molar-refractivity contribution in [1.82, 2.24) is 10.2 Å². The number of carbonyl (C=O) groups excluding carboxylic acids is 1. The second-order valence-corrected chi connectivity index (χ2v) is 7.10. The second kappa shape index (κ2) is 8.31. The molecule has 0 aliphatic rings. The van der Waals surface area contributed by atoms with Crippen molar-refractivity contribution < 1.29 is 4.79 Å². The van der Waals surface area contributed by atoms with E-state index < -0.39 is 0 Å². The fourth-order valence-corrected chi connectivity index (χ4v) is 2.75. The number of nitrogens with one attached hydrogen (secondary N) is 1. The summed E-state index contributed by atoms with van der Waals surface area (Å²) < 4.78 is 0.964. The lowest BCUT2D eigenvalue weighted by atomic mass is 10.0. The maximum Gasteiger partial charge on any atom is 0.251 e. The average molecular weight is 390 g/mol. The number of hydrogen-bond acceptors (Lipinski definition) is 3. The van der Waals surface area contributed by atoms with Crippen LogP contribution >= 0.6 is 15.9 Å². The molecule has 0 bridgehead atoms. The van der Waals surface area contributed by atoms with Gasteiger partial charge in [0, 0.05) is 36.4 Å². The van der Waals surface area contributed by atoms with Crippen molar-refractivity contribution in [3.05, 3.63) is 64.1 Å². The van der Waals surface area contributed by atoms with Crippen molar-refractivity contribution in [3.8, 4) is 0 Å². The minimum atomic E-state index is -0.0562. The second-order valence-electron chi connectivity index (χ2n) is 6.18. The maximum absolute atomic E-state index is 12.3. The highest BCUT2D eigenvalue weighted by Crippen LogP contribution is 2.21. The molecule has 0 fully saturated rings. The van der Waals surface area contributed by atoms with Crippen molar-refractivity contribution >= 4 is 27.5 Å². The van der Waals surface area contributed by atoms with E-state index >= 15 is 0 Å². The Bertz CT molecular complexity index is 666. The van der Waals surface area contributed by atoms with Gasteiger partial charge in [-0.25, -0.2) is 0 Å². The van der Waals surface area contributed by atoms with Gasteiger partial charge in [-0.15, -0.1) is 0 Å². The molecule has 0 aromatic heterocycles. The first-order valence-corrected chi connectivity index (χ1v) is 8.65. The molecule has 0 radical (unpaired) electrons. The Kier molecular flexibility index (Phi) is 6.40. The van der Waals surface area contributed by atoms with Gasteiger partial charge in [0.25, 0.3) is 5.91 Å². The van der Waals surface area contributed by atoms with Crippen LogP contribution in [0.25, 0.3) is 0 Å². The fourth-order valence-electron chi connectivity index (χ4n) is 2.49. The summed E-state index contributed by atoms with van der Waals surface area (Å²) in [6, 6.07) is 15.9. The van der Waals surface area contributed by atoms with E-state index in [-0.39, 0.29) is 11.9 Å². The Labute approximate surface area is 152 Å². The predicted octanol–water partition coefficient (Wildman–Crippen LogP) is 3.55. The zero-order chi connectivity index (χ0) is 17.7. The van der Waals surface area contributed by atoms with E-state index in [9.17, 15) is 4.79 Å². The highest BCUT2D eigenvalue weighted by atomic mass is 79.9. The van der Waals surface area contributed by atoms with Gasteiger partial charge >= 0.3 is 0 Å². The van der Waals surface area contributed by atoms with Crippen molar-refractivity contribution in [1.29, 1.82) is 0 Å². The van der Waals surface area contributed by atoms with Gasteiger partial charge in [-0.1, -0.05) is 28.1 Å². The molecular formula is C19H24BrN3O. The third kappa shape index (κ3) is 4.82. The number of anilines is 1. The molecule has 1 amide bonds. The Morgan fingerprint density at radius 1 is 1.00 bits per heavy atom. The van der Waals surface area contributed by atoms with E-state index in [0.717, 1.165) is 10.2 Å². The van der Waals surface area contributed by atoms with E-state index in [1.807, 2.05) is 52.5 Å². The molecule has 0 heterocycles. The number of amides is 1. The molecule has 1 atom stereocenters. The first-order chi connectivity index (χ1) is 11.4. The lowest BCUT2D eigenvalue weighted by Gasteiger charge is -2.26. The topological polar surface area (TPSA) is 35.6 Å². The van der Waals surface area contributed by atoms with E-state index in [1.165, 1.54) is 5.56 Å². The maximum atomic E-state index is 12.3. The monoisotopic (exact) mass is 389 g/mol. The third-order valence-corrected chi connectivity index (χ3v) is 4.51. The Morgan fingerprint density at radius 3 is 2.08 bits per heavy atom. The summed E-state index contributed by atoms with van der Waals surface area (Å²) in [5.41, 5.74) is 3.01. The zero-order valence-electron chi connectivity index (χ0n) is 14.6.